The van der Waals surface area contributed by atoms with Crippen LogP contribution in [-0.2, 0) is 5.60 Å². The molecular weight excluding hydrogens is 148 g/mol. The lowest BCUT2D eigenvalue weighted by atomic mass is 9.91. The Morgan fingerprint density at radius 3 is 2.42 bits per heavy atom. The average Bonchev–Trinajstić information content (AvgIpc) is 2.18. The van der Waals surface area contributed by atoms with Gasteiger partial charge in [0.25, 0.3) is 0 Å². The zero-order valence-corrected chi connectivity index (χ0v) is 7.33. The average molecular weight is 162 g/mol. The number of rotatable bonds is 3. The third kappa shape index (κ3) is 1.56. The van der Waals surface area contributed by atoms with E-state index in [-0.39, 0.29) is 0 Å². The van der Waals surface area contributed by atoms with E-state index in [2.05, 4.69) is 6.58 Å². The summed E-state index contributed by atoms with van der Waals surface area (Å²) in [6.45, 7) is 5.57. The van der Waals surface area contributed by atoms with Gasteiger partial charge in [-0.1, -0.05) is 49.9 Å². The van der Waals surface area contributed by atoms with Crippen LogP contribution >= 0.6 is 0 Å². The van der Waals surface area contributed by atoms with Gasteiger partial charge in [0, 0.05) is 0 Å². The van der Waals surface area contributed by atoms with E-state index in [0.717, 1.165) is 5.56 Å². The third-order valence-electron chi connectivity index (χ3n) is 2.15. The van der Waals surface area contributed by atoms with Gasteiger partial charge in [0.05, 0.1) is 0 Å². The minimum Gasteiger partial charge on any atom is -0.381 e. The molecule has 0 radical (unpaired) electrons. The van der Waals surface area contributed by atoms with Crippen molar-refractivity contribution in [2.45, 2.75) is 18.9 Å². The Kier molecular flexibility index (Phi) is 2.66. The Labute approximate surface area is 73.4 Å². The fourth-order valence-electron chi connectivity index (χ4n) is 1.19. The molecule has 0 bridgehead atoms. The van der Waals surface area contributed by atoms with Gasteiger partial charge in [-0.05, 0) is 12.0 Å². The maximum Gasteiger partial charge on any atom is 0.107 e. The van der Waals surface area contributed by atoms with E-state index in [1.54, 1.807) is 6.08 Å². The second-order valence-electron chi connectivity index (χ2n) is 2.85. The van der Waals surface area contributed by atoms with Gasteiger partial charge in [-0.25, -0.2) is 0 Å². The van der Waals surface area contributed by atoms with Crippen LogP contribution in [0.5, 0.6) is 0 Å². The summed E-state index contributed by atoms with van der Waals surface area (Å²) < 4.78 is 0. The lowest BCUT2D eigenvalue weighted by Crippen LogP contribution is -2.20. The standard InChI is InChI=1S/C11H14O/c1-3-11(12,4-2)10-8-6-5-7-9-10/h3,5-9,12H,1,4H2,2H3/t11-/m0/s1. The first kappa shape index (κ1) is 9.01. The summed E-state index contributed by atoms with van der Waals surface area (Å²) in [5.74, 6) is 0. The van der Waals surface area contributed by atoms with E-state index in [4.69, 9.17) is 0 Å². The van der Waals surface area contributed by atoms with E-state index in [1.165, 1.54) is 0 Å². The first-order chi connectivity index (χ1) is 5.73. The Balaban J connectivity index is 3.03. The van der Waals surface area contributed by atoms with Crippen molar-refractivity contribution in [3.8, 4) is 0 Å². The van der Waals surface area contributed by atoms with Gasteiger partial charge in [-0.15, -0.1) is 0 Å². The number of aliphatic hydroxyl groups is 1. The minimum absolute atomic E-state index is 0.653. The van der Waals surface area contributed by atoms with Crippen molar-refractivity contribution in [2.75, 3.05) is 0 Å². The van der Waals surface area contributed by atoms with Crippen LogP contribution < -0.4 is 0 Å². The predicted molar refractivity (Wildman–Crippen MR) is 50.8 cm³/mol. The molecule has 0 unspecified atom stereocenters. The summed E-state index contributed by atoms with van der Waals surface area (Å²) in [5.41, 5.74) is 0.0452. The molecule has 0 aromatic heterocycles. The van der Waals surface area contributed by atoms with Gasteiger partial charge < -0.3 is 5.11 Å². The predicted octanol–water partition coefficient (Wildman–Crippen LogP) is 2.47. The molecule has 1 N–H and O–H groups in total. The molecule has 0 spiro atoms. The molecule has 12 heavy (non-hydrogen) atoms. The maximum absolute atomic E-state index is 9.98. The SMILES string of the molecule is C=C[C@](O)(CC)c1ccccc1. The first-order valence-electron chi connectivity index (χ1n) is 4.14. The van der Waals surface area contributed by atoms with Crippen LogP contribution in [0.1, 0.15) is 18.9 Å². The van der Waals surface area contributed by atoms with Gasteiger partial charge in [0.1, 0.15) is 5.60 Å². The smallest absolute Gasteiger partial charge is 0.107 e. The fraction of sp³-hybridized carbons (Fsp3) is 0.273. The molecule has 0 saturated heterocycles. The Bertz CT molecular complexity index is 253. The summed E-state index contributed by atoms with van der Waals surface area (Å²) in [5, 5.41) is 9.98. The highest BCUT2D eigenvalue weighted by atomic mass is 16.3. The zero-order chi connectivity index (χ0) is 9.03. The largest absolute Gasteiger partial charge is 0.381 e. The third-order valence-corrected chi connectivity index (χ3v) is 2.15. The van der Waals surface area contributed by atoms with Crippen LogP contribution in [0, 0.1) is 0 Å². The van der Waals surface area contributed by atoms with Gasteiger partial charge >= 0.3 is 0 Å². The van der Waals surface area contributed by atoms with E-state index in [0.29, 0.717) is 6.42 Å². The molecule has 0 aliphatic rings. The highest BCUT2D eigenvalue weighted by Crippen LogP contribution is 2.25. The number of benzene rings is 1. The van der Waals surface area contributed by atoms with Crippen molar-refractivity contribution < 1.29 is 5.11 Å². The van der Waals surface area contributed by atoms with E-state index < -0.39 is 5.60 Å². The molecule has 1 atom stereocenters. The quantitative estimate of drug-likeness (QED) is 0.677. The maximum atomic E-state index is 9.98. The Morgan fingerprint density at radius 1 is 1.42 bits per heavy atom. The molecule has 0 fully saturated rings. The highest BCUT2D eigenvalue weighted by molar-refractivity contribution is 5.26. The number of hydrogen-bond donors (Lipinski definition) is 1. The zero-order valence-electron chi connectivity index (χ0n) is 7.33. The fourth-order valence-corrected chi connectivity index (χ4v) is 1.19. The van der Waals surface area contributed by atoms with Crippen molar-refractivity contribution in [1.29, 1.82) is 0 Å². The van der Waals surface area contributed by atoms with Crippen molar-refractivity contribution >= 4 is 0 Å². The molecule has 1 aromatic rings. The monoisotopic (exact) mass is 162 g/mol. The topological polar surface area (TPSA) is 20.2 Å². The lowest BCUT2D eigenvalue weighted by Gasteiger charge is -2.22. The van der Waals surface area contributed by atoms with Crippen LogP contribution in [0.15, 0.2) is 43.0 Å². The van der Waals surface area contributed by atoms with Gasteiger partial charge in [-0.3, -0.25) is 0 Å². The van der Waals surface area contributed by atoms with Gasteiger partial charge in [0.15, 0.2) is 0 Å². The lowest BCUT2D eigenvalue weighted by molar-refractivity contribution is 0.0856. The van der Waals surface area contributed by atoms with Gasteiger partial charge in [0.2, 0.25) is 0 Å². The molecule has 1 heteroatoms. The molecular formula is C11H14O. The summed E-state index contributed by atoms with van der Waals surface area (Å²) >= 11 is 0. The molecule has 0 aliphatic heterocycles. The first-order valence-corrected chi connectivity index (χ1v) is 4.14. The molecule has 0 heterocycles. The molecule has 0 aliphatic carbocycles. The van der Waals surface area contributed by atoms with Crippen LogP contribution in [-0.4, -0.2) is 5.11 Å². The van der Waals surface area contributed by atoms with Crippen LogP contribution in [0.25, 0.3) is 0 Å². The van der Waals surface area contributed by atoms with Crippen molar-refractivity contribution in [3.63, 3.8) is 0 Å². The molecule has 64 valence electrons. The summed E-state index contributed by atoms with van der Waals surface area (Å²) in [6, 6.07) is 9.58. The van der Waals surface area contributed by atoms with Crippen molar-refractivity contribution in [2.24, 2.45) is 0 Å². The molecule has 1 nitrogen and oxygen atoms in total. The Morgan fingerprint density at radius 2 is 2.00 bits per heavy atom. The molecule has 1 rings (SSSR count). The summed E-state index contributed by atoms with van der Waals surface area (Å²) in [7, 11) is 0. The van der Waals surface area contributed by atoms with Crippen LogP contribution in [0.2, 0.25) is 0 Å². The van der Waals surface area contributed by atoms with Crippen LogP contribution in [0.4, 0.5) is 0 Å². The minimum atomic E-state index is -0.860. The molecule has 0 saturated carbocycles. The highest BCUT2D eigenvalue weighted by Gasteiger charge is 2.21. The summed E-state index contributed by atoms with van der Waals surface area (Å²) in [4.78, 5) is 0. The molecule has 0 amide bonds. The van der Waals surface area contributed by atoms with E-state index in [9.17, 15) is 5.11 Å². The Hall–Kier alpha value is -1.08. The van der Waals surface area contributed by atoms with Crippen molar-refractivity contribution in [1.82, 2.24) is 0 Å². The van der Waals surface area contributed by atoms with Gasteiger partial charge in [-0.2, -0.15) is 0 Å². The van der Waals surface area contributed by atoms with Crippen LogP contribution in [0.3, 0.4) is 0 Å². The van der Waals surface area contributed by atoms with E-state index in [1.807, 2.05) is 37.3 Å². The number of hydrogen-bond acceptors (Lipinski definition) is 1. The second kappa shape index (κ2) is 3.55. The van der Waals surface area contributed by atoms with Crippen molar-refractivity contribution in [3.05, 3.63) is 48.6 Å². The van der Waals surface area contributed by atoms with E-state index >= 15 is 0 Å². The second-order valence-corrected chi connectivity index (χ2v) is 2.85. The molecule has 1 aromatic carbocycles. The summed E-state index contributed by atoms with van der Waals surface area (Å²) in [6.07, 6.45) is 2.24. The normalized spacial score (nSPS) is 15.2.